The Kier molecular flexibility index (Phi) is 11.5. The standard InChI is InChI=1S/C52H73N3O3/c56-49(53-41-23-21-39-31-47-43-17-7-9-25-51(43,45(39)33-41)27-29-54(47)35-37-13-11-14-37)19-5-3-1-2-4-6-20-50(57)58-42-24-22-40-32-48-44-18-8-10-26-52(44,46(40)34-42)28-30-55(48)36-38-15-12-16-38/h21-24,33-34,37-38,43-44,47-48H,1-20,25-32,35-36H2,(H,53,56)/t43-,44+,47+,48-,51+,52-/m0/s1. The van der Waals surface area contributed by atoms with Crippen molar-refractivity contribution in [1.29, 1.82) is 0 Å². The molecule has 0 spiro atoms. The molecule has 58 heavy (non-hydrogen) atoms. The minimum atomic E-state index is -0.0895. The number of nitrogens with zero attached hydrogens (tertiary/aromatic N) is 2. The Morgan fingerprint density at radius 2 is 1.16 bits per heavy atom. The van der Waals surface area contributed by atoms with Gasteiger partial charge in [0.1, 0.15) is 5.75 Å². The monoisotopic (exact) mass is 788 g/mol. The van der Waals surface area contributed by atoms with Crippen LogP contribution in [0, 0.1) is 23.7 Å². The van der Waals surface area contributed by atoms with Gasteiger partial charge >= 0.3 is 5.97 Å². The van der Waals surface area contributed by atoms with Gasteiger partial charge in [-0.05, 0) is 173 Å². The van der Waals surface area contributed by atoms with Crippen molar-refractivity contribution in [2.45, 2.75) is 190 Å². The van der Waals surface area contributed by atoms with Crippen molar-refractivity contribution in [3.63, 3.8) is 0 Å². The highest BCUT2D eigenvalue weighted by molar-refractivity contribution is 5.90. The van der Waals surface area contributed by atoms with E-state index in [0.29, 0.717) is 30.3 Å². The van der Waals surface area contributed by atoms with Crippen molar-refractivity contribution in [2.24, 2.45) is 23.7 Å². The molecule has 1 N–H and O–H groups in total. The summed E-state index contributed by atoms with van der Waals surface area (Å²) in [4.78, 5) is 31.9. The zero-order valence-electron chi connectivity index (χ0n) is 35.8. The van der Waals surface area contributed by atoms with Crippen LogP contribution in [0.5, 0.6) is 5.75 Å². The van der Waals surface area contributed by atoms with Gasteiger partial charge in [0.25, 0.3) is 0 Å². The van der Waals surface area contributed by atoms with Crippen molar-refractivity contribution >= 4 is 17.6 Å². The largest absolute Gasteiger partial charge is 0.427 e. The first-order chi connectivity index (χ1) is 28.5. The fourth-order valence-corrected chi connectivity index (χ4v) is 14.4. The topological polar surface area (TPSA) is 61.9 Å². The summed E-state index contributed by atoms with van der Waals surface area (Å²) in [6, 6.07) is 15.0. The van der Waals surface area contributed by atoms with E-state index in [1.807, 2.05) is 0 Å². The normalized spacial score (nSPS) is 31.8. The molecule has 0 aromatic heterocycles. The van der Waals surface area contributed by atoms with Gasteiger partial charge in [0.2, 0.25) is 5.91 Å². The number of unbranched alkanes of at least 4 members (excludes halogenated alkanes) is 5. The van der Waals surface area contributed by atoms with E-state index < -0.39 is 0 Å². The maximum atomic E-state index is 13.1. The van der Waals surface area contributed by atoms with Crippen LogP contribution < -0.4 is 10.1 Å². The second-order valence-electron chi connectivity index (χ2n) is 21.0. The molecule has 6 heteroatoms. The van der Waals surface area contributed by atoms with Crippen LogP contribution >= 0.6 is 0 Å². The molecule has 2 heterocycles. The Hall–Kier alpha value is -2.70. The molecular formula is C52H73N3O3. The summed E-state index contributed by atoms with van der Waals surface area (Å²) >= 11 is 0. The van der Waals surface area contributed by atoms with Crippen LogP contribution in [0.3, 0.4) is 0 Å². The first-order valence-electron chi connectivity index (χ1n) is 24.7. The summed E-state index contributed by atoms with van der Waals surface area (Å²) < 4.78 is 6.01. The van der Waals surface area contributed by atoms with E-state index in [2.05, 4.69) is 51.5 Å². The second kappa shape index (κ2) is 17.0. The summed E-state index contributed by atoms with van der Waals surface area (Å²) in [5, 5.41) is 3.30. The number of likely N-dealkylation sites (tertiary alicyclic amines) is 2. The van der Waals surface area contributed by atoms with Crippen molar-refractivity contribution in [2.75, 3.05) is 31.5 Å². The number of rotatable bonds is 15. The second-order valence-corrected chi connectivity index (χ2v) is 21.0. The Morgan fingerprint density at radius 3 is 1.74 bits per heavy atom. The maximum Gasteiger partial charge on any atom is 0.311 e. The Morgan fingerprint density at radius 1 is 0.603 bits per heavy atom. The van der Waals surface area contributed by atoms with E-state index in [9.17, 15) is 9.59 Å². The molecule has 6 atom stereocenters. The van der Waals surface area contributed by atoms with E-state index in [0.717, 1.165) is 73.6 Å². The van der Waals surface area contributed by atoms with Crippen molar-refractivity contribution in [1.82, 2.24) is 9.80 Å². The number of ether oxygens (including phenoxy) is 1. The minimum absolute atomic E-state index is 0.0895. The molecule has 2 aromatic rings. The van der Waals surface area contributed by atoms with Gasteiger partial charge in [0.15, 0.2) is 0 Å². The summed E-state index contributed by atoms with van der Waals surface area (Å²) in [6.45, 7) is 5.14. The quantitative estimate of drug-likeness (QED) is 0.111. The average Bonchev–Trinajstić information content (AvgIpc) is 3.20. The minimum Gasteiger partial charge on any atom is -0.427 e. The maximum absolute atomic E-state index is 13.1. The highest BCUT2D eigenvalue weighted by atomic mass is 16.5. The van der Waals surface area contributed by atoms with E-state index in [1.54, 1.807) is 11.1 Å². The smallest absolute Gasteiger partial charge is 0.311 e. The molecule has 4 saturated carbocycles. The number of benzene rings is 2. The molecule has 10 rings (SSSR count). The molecule has 6 fully saturated rings. The number of carbonyl (C=O) groups is 2. The third-order valence-electron chi connectivity index (χ3n) is 17.9. The van der Waals surface area contributed by atoms with Gasteiger partial charge in [-0.15, -0.1) is 0 Å². The highest BCUT2D eigenvalue weighted by Gasteiger charge is 2.55. The predicted octanol–water partition coefficient (Wildman–Crippen LogP) is 11.1. The zero-order valence-corrected chi connectivity index (χ0v) is 35.8. The van der Waals surface area contributed by atoms with Gasteiger partial charge < -0.3 is 10.1 Å². The number of amides is 1. The van der Waals surface area contributed by atoms with E-state index in [4.69, 9.17) is 4.74 Å². The number of piperidine rings is 2. The van der Waals surface area contributed by atoms with Gasteiger partial charge in [0, 0.05) is 54.5 Å². The Bertz CT molecular complexity index is 1670. The Labute approximate surface area is 350 Å². The lowest BCUT2D eigenvalue weighted by molar-refractivity contribution is -0.134. The molecule has 2 saturated heterocycles. The lowest BCUT2D eigenvalue weighted by atomic mass is 9.52. The van der Waals surface area contributed by atoms with Crippen molar-refractivity contribution in [3.8, 4) is 5.75 Å². The predicted molar refractivity (Wildman–Crippen MR) is 233 cm³/mol. The third-order valence-corrected chi connectivity index (χ3v) is 17.9. The van der Waals surface area contributed by atoms with Gasteiger partial charge in [-0.2, -0.15) is 0 Å². The summed E-state index contributed by atoms with van der Waals surface area (Å²) in [5.74, 6) is 4.24. The highest BCUT2D eigenvalue weighted by Crippen LogP contribution is 2.58. The van der Waals surface area contributed by atoms with Gasteiger partial charge in [-0.1, -0.05) is 76.3 Å². The van der Waals surface area contributed by atoms with Crippen LogP contribution in [0.15, 0.2) is 36.4 Å². The SMILES string of the molecule is O=C(CCCCCCCCC(=O)Oc1ccc2c(c1)[C@]13CCCC[C@@H]1[C@H](C2)N(CC1CCC1)CC3)Nc1ccc2c(c1)[C@@]13CCCC[C@H]1[C@@H](C2)N(CC1CCC1)CC3. The number of nitrogens with one attached hydrogen (secondary N) is 1. The number of fused-ring (bicyclic) bond motifs is 2. The number of esters is 1. The lowest BCUT2D eigenvalue weighted by Gasteiger charge is -2.59. The molecule has 8 aliphatic rings. The Balaban J connectivity index is 0.649. The molecule has 4 bridgehead atoms. The van der Waals surface area contributed by atoms with Crippen molar-refractivity contribution < 1.29 is 14.3 Å². The lowest BCUT2D eigenvalue weighted by Crippen LogP contribution is -2.61. The molecule has 1 amide bonds. The van der Waals surface area contributed by atoms with Crippen LogP contribution in [0.4, 0.5) is 5.69 Å². The summed E-state index contributed by atoms with van der Waals surface area (Å²) in [7, 11) is 0. The van der Waals surface area contributed by atoms with Crippen LogP contribution in [0.1, 0.15) is 176 Å². The van der Waals surface area contributed by atoms with Crippen molar-refractivity contribution in [3.05, 3.63) is 58.7 Å². The molecule has 0 radical (unpaired) electrons. The number of anilines is 1. The molecule has 6 aliphatic carbocycles. The summed E-state index contributed by atoms with van der Waals surface area (Å²) in [6.07, 6.45) is 31.5. The van der Waals surface area contributed by atoms with Gasteiger partial charge in [0.05, 0.1) is 0 Å². The number of carbonyl (C=O) groups excluding carboxylic acids is 2. The fraction of sp³-hybridized carbons (Fsp3) is 0.731. The first kappa shape index (κ1) is 39.4. The molecule has 2 aromatic carbocycles. The first-order valence-corrected chi connectivity index (χ1v) is 24.7. The molecule has 2 aliphatic heterocycles. The average molecular weight is 788 g/mol. The van der Waals surface area contributed by atoms with Gasteiger partial charge in [-0.3, -0.25) is 19.4 Å². The zero-order chi connectivity index (χ0) is 39.1. The van der Waals surface area contributed by atoms with Crippen LogP contribution in [-0.4, -0.2) is 59.9 Å². The number of hydrogen-bond donors (Lipinski definition) is 1. The van der Waals surface area contributed by atoms with E-state index in [1.165, 1.54) is 153 Å². The molecule has 314 valence electrons. The van der Waals surface area contributed by atoms with Crippen LogP contribution in [-0.2, 0) is 33.3 Å². The molecular weight excluding hydrogens is 715 g/mol. The third kappa shape index (κ3) is 7.62. The van der Waals surface area contributed by atoms with Crippen LogP contribution in [0.2, 0.25) is 0 Å². The fourth-order valence-electron chi connectivity index (χ4n) is 14.4. The number of hydrogen-bond acceptors (Lipinski definition) is 5. The molecule has 0 unspecified atom stereocenters. The summed E-state index contributed by atoms with van der Waals surface area (Å²) in [5.41, 5.74) is 7.77. The molecule has 6 nitrogen and oxygen atoms in total. The van der Waals surface area contributed by atoms with E-state index in [-0.39, 0.29) is 17.3 Å². The van der Waals surface area contributed by atoms with E-state index >= 15 is 0 Å². The van der Waals surface area contributed by atoms with Gasteiger partial charge in [-0.25, -0.2) is 0 Å². The van der Waals surface area contributed by atoms with Crippen LogP contribution in [0.25, 0.3) is 0 Å².